The van der Waals surface area contributed by atoms with Crippen LogP contribution < -0.4 is 10.1 Å². The van der Waals surface area contributed by atoms with E-state index in [1.54, 1.807) is 6.07 Å². The number of carboxylic acid groups (broad SMARTS) is 1. The summed E-state index contributed by atoms with van der Waals surface area (Å²) in [7, 11) is 1.30. The third kappa shape index (κ3) is 3.47. The molecule has 0 radical (unpaired) electrons. The third-order valence-electron chi connectivity index (χ3n) is 4.67. The summed E-state index contributed by atoms with van der Waals surface area (Å²) in [6.45, 7) is 1.31. The number of para-hydroxylation sites is 1. The number of allylic oxidation sites excluding steroid dienone is 2. The summed E-state index contributed by atoms with van der Waals surface area (Å²) in [5.41, 5.74) is -2.63. The molecule has 3 rings (SSSR count). The quantitative estimate of drug-likeness (QED) is 0.564. The van der Waals surface area contributed by atoms with Gasteiger partial charge in [-0.2, -0.15) is 0 Å². The number of benzene rings is 2. The molecule has 0 amide bonds. The zero-order valence-corrected chi connectivity index (χ0v) is 15.7. The van der Waals surface area contributed by atoms with Gasteiger partial charge in [0.15, 0.2) is 0 Å². The van der Waals surface area contributed by atoms with E-state index in [0.29, 0.717) is 12.1 Å². The number of hydrogen-bond acceptors (Lipinski definition) is 5. The Morgan fingerprint density at radius 2 is 1.80 bits per heavy atom. The number of nitrogens with zero attached hydrogens (tertiary/aromatic N) is 1. The number of nitro groups is 1. The minimum Gasteiger partial charge on any atom is -0.496 e. The monoisotopic (exact) mass is 420 g/mol. The van der Waals surface area contributed by atoms with Crippen LogP contribution in [-0.2, 0) is 4.79 Å². The van der Waals surface area contributed by atoms with Crippen LogP contribution in [0, 0.1) is 27.6 Å². The van der Waals surface area contributed by atoms with Crippen molar-refractivity contribution >= 4 is 11.7 Å². The molecule has 1 aliphatic heterocycles. The Balaban J connectivity index is 2.42. The van der Waals surface area contributed by atoms with E-state index in [9.17, 15) is 33.2 Å². The average Bonchev–Trinajstić information content (AvgIpc) is 2.65. The van der Waals surface area contributed by atoms with Gasteiger partial charge in [-0.3, -0.25) is 10.1 Å². The molecule has 1 heterocycles. The highest BCUT2D eigenvalue weighted by atomic mass is 19.1. The molecule has 1 unspecified atom stereocenters. The lowest BCUT2D eigenvalue weighted by atomic mass is 9.82. The number of methoxy groups -OCH3 is 1. The number of carboxylic acids is 1. The van der Waals surface area contributed by atoms with Crippen LogP contribution in [0.2, 0.25) is 0 Å². The Morgan fingerprint density at radius 1 is 1.20 bits per heavy atom. The Kier molecular flexibility index (Phi) is 5.50. The van der Waals surface area contributed by atoms with Crippen molar-refractivity contribution in [2.75, 3.05) is 7.11 Å². The van der Waals surface area contributed by atoms with E-state index >= 15 is 0 Å². The zero-order chi connectivity index (χ0) is 22.2. The largest absolute Gasteiger partial charge is 0.496 e. The molecular formula is C20H15F3N2O5. The number of aliphatic carboxylic acids is 1. The molecular weight excluding hydrogens is 405 g/mol. The molecule has 30 heavy (non-hydrogen) atoms. The lowest BCUT2D eigenvalue weighted by Crippen LogP contribution is -2.32. The number of ether oxygens (including phenoxy) is 1. The fourth-order valence-electron chi connectivity index (χ4n) is 3.48. The van der Waals surface area contributed by atoms with Crippen molar-refractivity contribution in [3.63, 3.8) is 0 Å². The molecule has 0 spiro atoms. The van der Waals surface area contributed by atoms with Crippen LogP contribution in [0.3, 0.4) is 0 Å². The molecule has 0 aliphatic carbocycles. The lowest BCUT2D eigenvalue weighted by molar-refractivity contribution is -0.428. The van der Waals surface area contributed by atoms with Gasteiger partial charge in [-0.25, -0.2) is 18.0 Å². The van der Waals surface area contributed by atoms with Gasteiger partial charge in [0, 0.05) is 23.4 Å². The van der Waals surface area contributed by atoms with Crippen molar-refractivity contribution < 1.29 is 32.7 Å². The van der Waals surface area contributed by atoms with E-state index in [2.05, 4.69) is 5.32 Å². The van der Waals surface area contributed by atoms with Crippen molar-refractivity contribution in [3.8, 4) is 5.75 Å². The van der Waals surface area contributed by atoms with Crippen molar-refractivity contribution in [1.29, 1.82) is 0 Å². The number of dihydropyridines is 1. The predicted molar refractivity (Wildman–Crippen MR) is 99.4 cm³/mol. The highest BCUT2D eigenvalue weighted by molar-refractivity contribution is 5.93. The molecule has 2 aromatic carbocycles. The summed E-state index contributed by atoms with van der Waals surface area (Å²) in [4.78, 5) is 23.1. The van der Waals surface area contributed by atoms with Gasteiger partial charge in [0.1, 0.15) is 34.8 Å². The van der Waals surface area contributed by atoms with Crippen molar-refractivity contribution in [3.05, 3.63) is 92.1 Å². The van der Waals surface area contributed by atoms with E-state index in [-0.39, 0.29) is 17.0 Å². The molecule has 0 saturated carbocycles. The molecule has 0 bridgehead atoms. The summed E-state index contributed by atoms with van der Waals surface area (Å²) in [6, 6.07) is 6.76. The van der Waals surface area contributed by atoms with E-state index in [1.807, 2.05) is 0 Å². The minimum atomic E-state index is -1.52. The van der Waals surface area contributed by atoms with Crippen molar-refractivity contribution in [2.45, 2.75) is 12.8 Å². The Labute approximate surface area is 168 Å². The van der Waals surface area contributed by atoms with Crippen LogP contribution in [0.5, 0.6) is 5.75 Å². The molecule has 0 fully saturated rings. The SMILES string of the molecule is COc1ccccc1C1C(C(=O)O)=C(C)NC(c2c(F)cc(F)cc2F)=C1[N+](=O)[O-]. The van der Waals surface area contributed by atoms with Gasteiger partial charge in [0.25, 0.3) is 5.70 Å². The molecule has 2 aromatic rings. The number of hydrogen-bond donors (Lipinski definition) is 2. The second-order valence-electron chi connectivity index (χ2n) is 6.41. The second-order valence-corrected chi connectivity index (χ2v) is 6.41. The first-order chi connectivity index (χ1) is 14.2. The van der Waals surface area contributed by atoms with Crippen LogP contribution in [-0.4, -0.2) is 23.1 Å². The maximum atomic E-state index is 14.5. The third-order valence-corrected chi connectivity index (χ3v) is 4.67. The molecule has 10 heteroatoms. The number of nitrogens with one attached hydrogen (secondary N) is 1. The summed E-state index contributed by atoms with van der Waals surface area (Å²) in [5.74, 6) is -6.79. The maximum Gasteiger partial charge on any atom is 0.334 e. The maximum absolute atomic E-state index is 14.5. The topological polar surface area (TPSA) is 102 Å². The van der Waals surface area contributed by atoms with Crippen molar-refractivity contribution in [1.82, 2.24) is 5.32 Å². The van der Waals surface area contributed by atoms with E-state index in [4.69, 9.17) is 4.74 Å². The Bertz CT molecular complexity index is 1100. The van der Waals surface area contributed by atoms with Gasteiger partial charge in [-0.1, -0.05) is 18.2 Å². The summed E-state index contributed by atoms with van der Waals surface area (Å²) in [6.07, 6.45) is 0. The van der Waals surface area contributed by atoms with Gasteiger partial charge in [0.05, 0.1) is 23.2 Å². The average molecular weight is 420 g/mol. The van der Waals surface area contributed by atoms with E-state index < -0.39 is 56.8 Å². The van der Waals surface area contributed by atoms with E-state index in [0.717, 1.165) is 0 Å². The van der Waals surface area contributed by atoms with Crippen LogP contribution in [0.1, 0.15) is 24.0 Å². The molecule has 0 aromatic heterocycles. The highest BCUT2D eigenvalue weighted by Crippen LogP contribution is 2.44. The molecule has 1 atom stereocenters. The van der Waals surface area contributed by atoms with Gasteiger partial charge >= 0.3 is 5.97 Å². The standard InChI is InChI=1S/C20H15F3N2O5/c1-9-15(20(26)27)16(11-5-3-4-6-14(11)30-2)19(25(28)29)18(24-9)17-12(22)7-10(21)8-13(17)23/h3-8,16,24H,1-2H3,(H,26,27). The fraction of sp³-hybridized carbons (Fsp3) is 0.150. The fourth-order valence-corrected chi connectivity index (χ4v) is 3.48. The molecule has 156 valence electrons. The van der Waals surface area contributed by atoms with Crippen LogP contribution in [0.25, 0.3) is 5.70 Å². The first-order valence-electron chi connectivity index (χ1n) is 8.54. The van der Waals surface area contributed by atoms with Gasteiger partial charge in [-0.15, -0.1) is 0 Å². The summed E-state index contributed by atoms with van der Waals surface area (Å²) < 4.78 is 47.5. The molecule has 1 aliphatic rings. The Morgan fingerprint density at radius 3 is 2.33 bits per heavy atom. The lowest BCUT2D eigenvalue weighted by Gasteiger charge is -2.27. The molecule has 2 N–H and O–H groups in total. The normalized spacial score (nSPS) is 16.4. The van der Waals surface area contributed by atoms with Crippen LogP contribution in [0.15, 0.2) is 53.4 Å². The zero-order valence-electron chi connectivity index (χ0n) is 15.7. The Hall–Kier alpha value is -3.82. The molecule has 7 nitrogen and oxygen atoms in total. The number of carbonyl (C=O) groups is 1. The van der Waals surface area contributed by atoms with Gasteiger partial charge in [0.2, 0.25) is 0 Å². The smallest absolute Gasteiger partial charge is 0.334 e. The highest BCUT2D eigenvalue weighted by Gasteiger charge is 2.44. The van der Waals surface area contributed by atoms with E-state index in [1.165, 1.54) is 32.2 Å². The molecule has 0 saturated heterocycles. The minimum absolute atomic E-state index is 0.0675. The van der Waals surface area contributed by atoms with Crippen molar-refractivity contribution in [2.24, 2.45) is 0 Å². The predicted octanol–water partition coefficient (Wildman–Crippen LogP) is 3.80. The number of halogens is 3. The summed E-state index contributed by atoms with van der Waals surface area (Å²) in [5, 5.41) is 24.2. The van der Waals surface area contributed by atoms with Gasteiger partial charge in [-0.05, 0) is 13.0 Å². The first kappa shape index (κ1) is 20.9. The van der Waals surface area contributed by atoms with Gasteiger partial charge < -0.3 is 15.2 Å². The summed E-state index contributed by atoms with van der Waals surface area (Å²) >= 11 is 0. The number of rotatable bonds is 5. The second kappa shape index (κ2) is 7.90. The van der Waals surface area contributed by atoms with Crippen LogP contribution >= 0.6 is 0 Å². The van der Waals surface area contributed by atoms with Crippen LogP contribution in [0.4, 0.5) is 13.2 Å². The first-order valence-corrected chi connectivity index (χ1v) is 8.54.